The van der Waals surface area contributed by atoms with Gasteiger partial charge in [-0.05, 0) is 36.7 Å². The quantitative estimate of drug-likeness (QED) is 0.518. The Morgan fingerprint density at radius 2 is 2.03 bits per heavy atom. The van der Waals surface area contributed by atoms with Gasteiger partial charge in [0.2, 0.25) is 5.13 Å². The van der Waals surface area contributed by atoms with Crippen LogP contribution in [0.3, 0.4) is 0 Å². The minimum atomic E-state index is 0.0742. The van der Waals surface area contributed by atoms with Crippen LogP contribution in [0.4, 0.5) is 5.13 Å². The summed E-state index contributed by atoms with van der Waals surface area (Å²) in [5.41, 5.74) is 2.23. The largest absolute Gasteiger partial charge is 0.350 e. The molecule has 2 aliphatic rings. The van der Waals surface area contributed by atoms with E-state index in [0.29, 0.717) is 5.13 Å². The van der Waals surface area contributed by atoms with Crippen LogP contribution >= 0.6 is 23.1 Å². The van der Waals surface area contributed by atoms with E-state index in [1.165, 1.54) is 42.4 Å². The zero-order chi connectivity index (χ0) is 19.8. The van der Waals surface area contributed by atoms with Crippen molar-refractivity contribution in [2.45, 2.75) is 38.1 Å². The molecule has 1 aliphatic heterocycles. The Bertz CT molecular complexity index is 1110. The van der Waals surface area contributed by atoms with Gasteiger partial charge in [-0.15, -0.1) is 11.3 Å². The van der Waals surface area contributed by atoms with Crippen molar-refractivity contribution in [3.8, 4) is 0 Å². The number of aryl methyl sites for hydroxylation is 1. The Labute approximate surface area is 178 Å². The first kappa shape index (κ1) is 18.6. The number of benzene rings is 1. The molecule has 5 nitrogen and oxygen atoms in total. The third-order valence-electron chi connectivity index (χ3n) is 5.60. The number of nitrogens with zero attached hydrogens (tertiary/aromatic N) is 4. The Morgan fingerprint density at radius 3 is 2.83 bits per heavy atom. The van der Waals surface area contributed by atoms with E-state index in [0.717, 1.165) is 39.4 Å². The fourth-order valence-corrected chi connectivity index (χ4v) is 5.80. The normalized spacial score (nSPS) is 21.1. The second-order valence-electron chi connectivity index (χ2n) is 7.50. The van der Waals surface area contributed by atoms with Crippen LogP contribution in [0, 0.1) is 0 Å². The summed E-state index contributed by atoms with van der Waals surface area (Å²) >= 11 is 2.97. The van der Waals surface area contributed by atoms with Crippen molar-refractivity contribution in [3.05, 3.63) is 52.5 Å². The number of rotatable bonds is 3. The van der Waals surface area contributed by atoms with Gasteiger partial charge in [-0.3, -0.25) is 9.69 Å². The molecule has 0 bridgehead atoms. The fourth-order valence-electron chi connectivity index (χ4n) is 4.21. The zero-order valence-electron chi connectivity index (χ0n) is 16.2. The summed E-state index contributed by atoms with van der Waals surface area (Å²) in [6, 6.07) is 8.52. The minimum Gasteiger partial charge on any atom is -0.350 e. The van der Waals surface area contributed by atoms with Crippen LogP contribution in [0.1, 0.15) is 37.7 Å². The molecule has 5 rings (SSSR count). The first-order valence-corrected chi connectivity index (χ1v) is 11.7. The Morgan fingerprint density at radius 1 is 1.21 bits per heavy atom. The van der Waals surface area contributed by atoms with Crippen LogP contribution in [-0.2, 0) is 11.8 Å². The van der Waals surface area contributed by atoms with Gasteiger partial charge in [-0.2, -0.15) is 4.99 Å². The van der Waals surface area contributed by atoms with E-state index >= 15 is 0 Å². The molecule has 0 unspecified atom stereocenters. The first-order chi connectivity index (χ1) is 14.2. The lowest BCUT2D eigenvalue weighted by Gasteiger charge is -2.30. The predicted molar refractivity (Wildman–Crippen MR) is 121 cm³/mol. The van der Waals surface area contributed by atoms with Crippen LogP contribution in [0.2, 0.25) is 0 Å². The average Bonchev–Trinajstić information content (AvgIpc) is 3.44. The van der Waals surface area contributed by atoms with Gasteiger partial charge in [0.25, 0.3) is 5.91 Å². The number of carbonyl (C=O) groups is 1. The molecule has 0 radical (unpaired) electrons. The third-order valence-corrected chi connectivity index (χ3v) is 7.25. The van der Waals surface area contributed by atoms with E-state index in [2.05, 4.69) is 27.9 Å². The second-order valence-corrected chi connectivity index (χ2v) is 9.38. The molecule has 1 aliphatic carbocycles. The minimum absolute atomic E-state index is 0.0742. The maximum absolute atomic E-state index is 13.4. The summed E-state index contributed by atoms with van der Waals surface area (Å²) in [6.45, 7) is 0. The highest BCUT2D eigenvalue weighted by Crippen LogP contribution is 2.39. The van der Waals surface area contributed by atoms with E-state index in [1.54, 1.807) is 6.20 Å². The molecule has 0 spiro atoms. The molecule has 2 fully saturated rings. The van der Waals surface area contributed by atoms with E-state index < -0.39 is 0 Å². The van der Waals surface area contributed by atoms with Gasteiger partial charge < -0.3 is 4.57 Å². The number of thioether (sulfide) groups is 1. The topological polar surface area (TPSA) is 50.5 Å². The number of aromatic nitrogens is 2. The Kier molecular flexibility index (Phi) is 5.01. The maximum atomic E-state index is 13.4. The molecular formula is C22H22N4OS2. The van der Waals surface area contributed by atoms with E-state index in [-0.39, 0.29) is 11.9 Å². The summed E-state index contributed by atoms with van der Waals surface area (Å²) in [5.74, 6) is 0.0742. The number of thiazole rings is 1. The Hall–Kier alpha value is -2.38. The first-order valence-electron chi connectivity index (χ1n) is 9.96. The number of fused-ring (bicyclic) bond motifs is 1. The smallest absolute Gasteiger partial charge is 0.267 e. The molecular weight excluding hydrogens is 400 g/mol. The van der Waals surface area contributed by atoms with Crippen molar-refractivity contribution in [1.29, 1.82) is 0 Å². The molecule has 1 amide bonds. The molecule has 0 N–H and O–H groups in total. The van der Waals surface area contributed by atoms with Crippen LogP contribution in [0.5, 0.6) is 0 Å². The van der Waals surface area contributed by atoms with Gasteiger partial charge in [0.15, 0.2) is 5.17 Å². The average molecular weight is 423 g/mol. The number of hydrogen-bond acceptors (Lipinski definition) is 5. The lowest BCUT2D eigenvalue weighted by Crippen LogP contribution is -2.40. The maximum Gasteiger partial charge on any atom is 0.267 e. The summed E-state index contributed by atoms with van der Waals surface area (Å²) in [4.78, 5) is 25.1. The summed E-state index contributed by atoms with van der Waals surface area (Å²) in [6.07, 6.45) is 11.6. The van der Waals surface area contributed by atoms with Crippen molar-refractivity contribution < 1.29 is 4.79 Å². The van der Waals surface area contributed by atoms with Crippen LogP contribution in [0.25, 0.3) is 17.0 Å². The highest BCUT2D eigenvalue weighted by atomic mass is 32.2. The van der Waals surface area contributed by atoms with Crippen molar-refractivity contribution in [1.82, 2.24) is 14.5 Å². The second kappa shape index (κ2) is 7.80. The molecule has 29 heavy (non-hydrogen) atoms. The molecule has 1 aromatic carbocycles. The number of aliphatic imine (C=N–C) groups is 1. The van der Waals surface area contributed by atoms with Gasteiger partial charge in [-0.1, -0.05) is 37.5 Å². The van der Waals surface area contributed by atoms with Gasteiger partial charge in [0.1, 0.15) is 0 Å². The standard InChI is InChI=1S/C22H22N4OS2/c1-25-14-15(17-9-5-6-10-18(17)25)13-19-20(27)26(16-7-3-2-4-8-16)22(29-19)24-21-23-11-12-28-21/h5-6,9-14,16H,2-4,7-8H2,1H3/b19-13-,24-22+. The van der Waals surface area contributed by atoms with Crippen molar-refractivity contribution in [3.63, 3.8) is 0 Å². The molecule has 148 valence electrons. The molecule has 7 heteroatoms. The summed E-state index contributed by atoms with van der Waals surface area (Å²) in [7, 11) is 2.04. The molecule has 1 saturated carbocycles. The number of para-hydroxylation sites is 1. The predicted octanol–water partition coefficient (Wildman–Crippen LogP) is 5.57. The molecule has 1 saturated heterocycles. The number of carbonyl (C=O) groups excluding carboxylic acids is 1. The van der Waals surface area contributed by atoms with E-state index in [1.807, 2.05) is 35.5 Å². The van der Waals surface area contributed by atoms with Gasteiger partial charge >= 0.3 is 0 Å². The fraction of sp³-hybridized carbons (Fsp3) is 0.318. The van der Waals surface area contributed by atoms with Crippen LogP contribution in [-0.4, -0.2) is 31.6 Å². The number of amidine groups is 1. The molecule has 0 atom stereocenters. The highest BCUT2D eigenvalue weighted by molar-refractivity contribution is 8.18. The lowest BCUT2D eigenvalue weighted by atomic mass is 9.94. The van der Waals surface area contributed by atoms with Crippen molar-refractivity contribution in [2.75, 3.05) is 0 Å². The summed E-state index contributed by atoms with van der Waals surface area (Å²) in [5, 5.41) is 4.54. The van der Waals surface area contributed by atoms with Gasteiger partial charge in [0.05, 0.1) is 4.91 Å². The van der Waals surface area contributed by atoms with Crippen LogP contribution in [0.15, 0.2) is 51.9 Å². The van der Waals surface area contributed by atoms with Crippen molar-refractivity contribution >= 4 is 56.3 Å². The Balaban J connectivity index is 1.55. The highest BCUT2D eigenvalue weighted by Gasteiger charge is 2.39. The molecule has 3 aromatic rings. The molecule has 2 aromatic heterocycles. The number of amides is 1. The molecule has 3 heterocycles. The SMILES string of the molecule is Cn1cc(/C=C2\S/C(=N/c3nccs3)N(C3CCCCC3)C2=O)c2ccccc21. The van der Waals surface area contributed by atoms with Gasteiger partial charge in [-0.25, -0.2) is 4.98 Å². The van der Waals surface area contributed by atoms with Crippen LogP contribution < -0.4 is 0 Å². The van der Waals surface area contributed by atoms with Crippen molar-refractivity contribution in [2.24, 2.45) is 12.0 Å². The summed E-state index contributed by atoms with van der Waals surface area (Å²) < 4.78 is 2.11. The van der Waals surface area contributed by atoms with E-state index in [4.69, 9.17) is 4.99 Å². The zero-order valence-corrected chi connectivity index (χ0v) is 17.9. The lowest BCUT2D eigenvalue weighted by molar-refractivity contribution is -0.124. The monoisotopic (exact) mass is 422 g/mol. The van der Waals surface area contributed by atoms with Gasteiger partial charge in [0, 0.05) is 47.3 Å². The number of hydrogen-bond donors (Lipinski definition) is 0. The third kappa shape index (κ3) is 3.53. The van der Waals surface area contributed by atoms with E-state index in [9.17, 15) is 4.79 Å².